The highest BCUT2D eigenvalue weighted by molar-refractivity contribution is 7.18. The zero-order valence-corrected chi connectivity index (χ0v) is 13.2. The van der Waals surface area contributed by atoms with Gasteiger partial charge < -0.3 is 0 Å². The summed E-state index contributed by atoms with van der Waals surface area (Å²) in [5.74, 6) is 0. The van der Waals surface area contributed by atoms with Crippen molar-refractivity contribution < 1.29 is 0 Å². The van der Waals surface area contributed by atoms with E-state index in [1.54, 1.807) is 33.1 Å². The van der Waals surface area contributed by atoms with E-state index in [0.29, 0.717) is 0 Å². The number of hydrogen-bond donors (Lipinski definition) is 0. The predicted octanol–water partition coefficient (Wildman–Crippen LogP) is 2.75. The minimum absolute atomic E-state index is 0.0231. The highest BCUT2D eigenvalue weighted by atomic mass is 32.1. The van der Waals surface area contributed by atoms with Crippen LogP contribution in [-0.2, 0) is 13.5 Å². The maximum Gasteiger partial charge on any atom is 0.262 e. The number of aryl methyl sites for hydroxylation is 2. The van der Waals surface area contributed by atoms with E-state index in [1.807, 2.05) is 26.2 Å². The lowest BCUT2D eigenvalue weighted by molar-refractivity contribution is 0.608. The van der Waals surface area contributed by atoms with Crippen LogP contribution in [0.1, 0.15) is 36.8 Å². The van der Waals surface area contributed by atoms with Gasteiger partial charge in [0.25, 0.3) is 5.56 Å². The molecule has 0 aliphatic rings. The van der Waals surface area contributed by atoms with E-state index >= 15 is 0 Å². The van der Waals surface area contributed by atoms with Crippen LogP contribution in [0.2, 0.25) is 0 Å². The number of aromatic nitrogens is 4. The minimum Gasteiger partial charge on any atom is -0.291 e. The van der Waals surface area contributed by atoms with Crippen LogP contribution in [0.5, 0.6) is 0 Å². The summed E-state index contributed by atoms with van der Waals surface area (Å²) in [4.78, 5) is 19.2. The molecule has 0 amide bonds. The average molecular weight is 302 g/mol. The molecule has 110 valence electrons. The molecular weight excluding hydrogens is 284 g/mol. The van der Waals surface area contributed by atoms with Crippen LogP contribution in [0.3, 0.4) is 0 Å². The summed E-state index contributed by atoms with van der Waals surface area (Å²) in [5.41, 5.74) is 1.03. The van der Waals surface area contributed by atoms with Gasteiger partial charge in [-0.3, -0.25) is 14.0 Å². The smallest absolute Gasteiger partial charge is 0.262 e. The minimum atomic E-state index is -0.0716. The Bertz CT molecular complexity index is 830. The average Bonchev–Trinajstić information content (AvgIpc) is 3.05. The van der Waals surface area contributed by atoms with E-state index in [1.165, 1.54) is 4.88 Å². The molecule has 0 saturated heterocycles. The fraction of sp³-hybridized carbons (Fsp3) is 0.400. The Morgan fingerprint density at radius 3 is 2.90 bits per heavy atom. The predicted molar refractivity (Wildman–Crippen MR) is 84.9 cm³/mol. The molecule has 21 heavy (non-hydrogen) atoms. The fourth-order valence-corrected chi connectivity index (χ4v) is 3.54. The van der Waals surface area contributed by atoms with E-state index in [0.717, 1.165) is 28.6 Å². The van der Waals surface area contributed by atoms with Gasteiger partial charge in [-0.05, 0) is 19.4 Å². The summed E-state index contributed by atoms with van der Waals surface area (Å²) in [5, 5.41) is 4.89. The Morgan fingerprint density at radius 2 is 2.24 bits per heavy atom. The molecular formula is C15H18N4OS. The third-order valence-electron chi connectivity index (χ3n) is 3.65. The molecule has 3 rings (SSSR count). The van der Waals surface area contributed by atoms with Crippen LogP contribution in [-0.4, -0.2) is 19.3 Å². The third kappa shape index (κ3) is 2.51. The highest BCUT2D eigenvalue weighted by Gasteiger charge is 2.15. The molecule has 0 fully saturated rings. The fourth-order valence-electron chi connectivity index (χ4n) is 2.45. The Morgan fingerprint density at radius 1 is 1.43 bits per heavy atom. The van der Waals surface area contributed by atoms with Crippen LogP contribution in [0, 0.1) is 0 Å². The van der Waals surface area contributed by atoms with Gasteiger partial charge in [-0.25, -0.2) is 4.98 Å². The molecule has 0 aliphatic carbocycles. The maximum atomic E-state index is 12.7. The van der Waals surface area contributed by atoms with Gasteiger partial charge in [-0.2, -0.15) is 5.10 Å². The largest absolute Gasteiger partial charge is 0.291 e. The van der Waals surface area contributed by atoms with E-state index in [4.69, 9.17) is 0 Å². The molecule has 3 heterocycles. The molecule has 6 heteroatoms. The molecule has 3 aromatic heterocycles. The second-order valence-electron chi connectivity index (χ2n) is 5.26. The topological polar surface area (TPSA) is 52.7 Å². The van der Waals surface area contributed by atoms with Gasteiger partial charge in [0.2, 0.25) is 0 Å². The summed E-state index contributed by atoms with van der Waals surface area (Å²) in [6.07, 6.45) is 7.44. The zero-order valence-electron chi connectivity index (χ0n) is 12.4. The molecule has 0 aromatic carbocycles. The lowest BCUT2D eigenvalue weighted by atomic mass is 10.2. The quantitative estimate of drug-likeness (QED) is 0.744. The molecule has 5 nitrogen and oxygen atoms in total. The molecule has 3 aromatic rings. The van der Waals surface area contributed by atoms with E-state index in [-0.39, 0.29) is 11.6 Å². The molecule has 0 saturated carbocycles. The number of hydrogen-bond acceptors (Lipinski definition) is 4. The lowest BCUT2D eigenvalue weighted by Crippen LogP contribution is -2.23. The Hall–Kier alpha value is -1.95. The van der Waals surface area contributed by atoms with Crippen molar-refractivity contribution in [2.24, 2.45) is 7.05 Å². The number of fused-ring (bicyclic) bond motifs is 1. The molecule has 0 aliphatic heterocycles. The molecule has 0 radical (unpaired) electrons. The summed E-state index contributed by atoms with van der Waals surface area (Å²) >= 11 is 1.62. The Labute approximate surface area is 126 Å². The number of rotatable bonds is 4. The molecule has 0 spiro atoms. The first kappa shape index (κ1) is 14.0. The SMILES string of the molecule is CCCc1cc2c(=O)n([C@H](C)c3cnn(C)c3)cnc2s1. The molecule has 0 N–H and O–H groups in total. The van der Waals surface area contributed by atoms with Crippen molar-refractivity contribution in [2.45, 2.75) is 32.7 Å². The van der Waals surface area contributed by atoms with Crippen molar-refractivity contribution >= 4 is 21.6 Å². The van der Waals surface area contributed by atoms with Crippen molar-refractivity contribution in [3.8, 4) is 0 Å². The summed E-state index contributed by atoms with van der Waals surface area (Å²) in [6.45, 7) is 4.13. The molecule has 1 atom stereocenters. The monoisotopic (exact) mass is 302 g/mol. The lowest BCUT2D eigenvalue weighted by Gasteiger charge is -2.12. The van der Waals surface area contributed by atoms with Gasteiger partial charge in [0, 0.05) is 23.7 Å². The van der Waals surface area contributed by atoms with Gasteiger partial charge in [-0.15, -0.1) is 11.3 Å². The first-order valence-corrected chi connectivity index (χ1v) is 7.90. The van der Waals surface area contributed by atoms with Gasteiger partial charge in [0.05, 0.1) is 24.0 Å². The summed E-state index contributed by atoms with van der Waals surface area (Å²) in [6, 6.07) is 1.92. The third-order valence-corrected chi connectivity index (χ3v) is 4.75. The van der Waals surface area contributed by atoms with E-state index in [2.05, 4.69) is 17.0 Å². The van der Waals surface area contributed by atoms with Crippen LogP contribution in [0.25, 0.3) is 10.2 Å². The highest BCUT2D eigenvalue weighted by Crippen LogP contribution is 2.23. The van der Waals surface area contributed by atoms with Crippen molar-refractivity contribution in [3.63, 3.8) is 0 Å². The zero-order chi connectivity index (χ0) is 15.0. The second-order valence-corrected chi connectivity index (χ2v) is 6.38. The molecule has 0 bridgehead atoms. The van der Waals surface area contributed by atoms with E-state index in [9.17, 15) is 4.79 Å². The van der Waals surface area contributed by atoms with Crippen LogP contribution in [0.4, 0.5) is 0 Å². The Kier molecular flexibility index (Phi) is 3.63. The van der Waals surface area contributed by atoms with Crippen LogP contribution >= 0.6 is 11.3 Å². The molecule has 0 unspecified atom stereocenters. The first-order chi connectivity index (χ1) is 10.1. The van der Waals surface area contributed by atoms with Crippen LogP contribution < -0.4 is 5.56 Å². The maximum absolute atomic E-state index is 12.7. The van der Waals surface area contributed by atoms with Gasteiger partial charge in [0.1, 0.15) is 4.83 Å². The standard InChI is InChI=1S/C15H18N4OS/c1-4-5-12-6-13-14(21-12)16-9-19(15(13)20)10(2)11-7-17-18(3)8-11/h6-10H,4-5H2,1-3H3/t10-/m1/s1. The second kappa shape index (κ2) is 5.44. The van der Waals surface area contributed by atoms with Gasteiger partial charge in [0.15, 0.2) is 0 Å². The van der Waals surface area contributed by atoms with Crippen molar-refractivity contribution in [1.29, 1.82) is 0 Å². The number of thiophene rings is 1. The summed E-state index contributed by atoms with van der Waals surface area (Å²) < 4.78 is 3.43. The first-order valence-electron chi connectivity index (χ1n) is 7.08. The van der Waals surface area contributed by atoms with Crippen molar-refractivity contribution in [3.05, 3.63) is 45.6 Å². The van der Waals surface area contributed by atoms with Gasteiger partial charge >= 0.3 is 0 Å². The van der Waals surface area contributed by atoms with Gasteiger partial charge in [-0.1, -0.05) is 13.3 Å². The van der Waals surface area contributed by atoms with Crippen molar-refractivity contribution in [2.75, 3.05) is 0 Å². The number of nitrogens with zero attached hydrogens (tertiary/aromatic N) is 4. The van der Waals surface area contributed by atoms with Crippen molar-refractivity contribution in [1.82, 2.24) is 19.3 Å². The normalized spacial score (nSPS) is 12.9. The van der Waals surface area contributed by atoms with E-state index < -0.39 is 0 Å². The Balaban J connectivity index is 2.07. The summed E-state index contributed by atoms with van der Waals surface area (Å²) in [7, 11) is 1.87. The van der Waals surface area contributed by atoms with Crippen LogP contribution in [0.15, 0.2) is 29.6 Å².